The molecule has 1 unspecified atom stereocenters. The van der Waals surface area contributed by atoms with Crippen molar-refractivity contribution < 1.29 is 31.9 Å². The fourth-order valence-electron chi connectivity index (χ4n) is 4.55. The minimum Gasteiger partial charge on any atom is -1.00 e. The Bertz CT molecular complexity index is 367. The molecule has 0 radical (unpaired) electrons. The predicted octanol–water partition coefficient (Wildman–Crippen LogP) is 5.56. The fraction of sp³-hybridized carbons (Fsp3) is 1.00. The van der Waals surface area contributed by atoms with Crippen LogP contribution in [-0.2, 0) is 14.5 Å². The molecule has 5 heteroatoms. The monoisotopic (exact) mass is 465 g/mol. The van der Waals surface area contributed by atoms with Gasteiger partial charge in [0.05, 0.1) is 4.97 Å². The summed E-state index contributed by atoms with van der Waals surface area (Å²) in [5.41, 5.74) is -0.270. The molecule has 190 valence electrons. The van der Waals surface area contributed by atoms with Crippen LogP contribution in [-0.4, -0.2) is 31.8 Å². The third-order valence-corrected chi connectivity index (χ3v) is 7.12. The van der Waals surface area contributed by atoms with Crippen LogP contribution < -0.4 is 12.4 Å². The van der Waals surface area contributed by atoms with Crippen LogP contribution >= 0.6 is 0 Å². The van der Waals surface area contributed by atoms with Gasteiger partial charge in [-0.15, -0.1) is 14.5 Å². The summed E-state index contributed by atoms with van der Waals surface area (Å²) in [5.74, 6) is 0.434. The highest BCUT2D eigenvalue weighted by molar-refractivity contribution is 4.74. The van der Waals surface area contributed by atoms with Gasteiger partial charge in [0, 0.05) is 19.8 Å². The number of quaternary nitrogens is 1. The molecule has 0 amide bonds. The van der Waals surface area contributed by atoms with Crippen molar-refractivity contribution in [2.75, 3.05) is 21.3 Å². The zero-order chi connectivity index (χ0) is 22.7. The highest BCUT2D eigenvalue weighted by Gasteiger charge is 2.53. The van der Waals surface area contributed by atoms with Gasteiger partial charge in [0.2, 0.25) is 0 Å². The summed E-state index contributed by atoms with van der Waals surface area (Å²) in [6.45, 7) is 8.87. The van der Waals surface area contributed by atoms with Gasteiger partial charge in [0.25, 0.3) is 0 Å². The third-order valence-electron chi connectivity index (χ3n) is 7.12. The lowest BCUT2D eigenvalue weighted by atomic mass is 9.85. The fourth-order valence-corrected chi connectivity index (χ4v) is 4.55. The summed E-state index contributed by atoms with van der Waals surface area (Å²) in [6, 6.07) is 0. The summed E-state index contributed by atoms with van der Waals surface area (Å²) in [4.78, 5) is 16.4. The average Bonchev–Trinajstić information content (AvgIpc) is 2.74. The van der Waals surface area contributed by atoms with Gasteiger partial charge in [0.1, 0.15) is 21.3 Å². The van der Waals surface area contributed by atoms with E-state index in [4.69, 9.17) is 14.5 Å². The Labute approximate surface area is 201 Å². The smallest absolute Gasteiger partial charge is 0.194 e. The predicted molar refractivity (Wildman–Crippen MR) is 129 cm³/mol. The van der Waals surface area contributed by atoms with Crippen molar-refractivity contribution in [3.8, 4) is 0 Å². The van der Waals surface area contributed by atoms with Crippen molar-refractivity contribution in [2.45, 2.75) is 142 Å². The number of rotatable bonds is 22. The maximum atomic E-state index is 5.55. The second kappa shape index (κ2) is 20.7. The zero-order valence-electron chi connectivity index (χ0n) is 22.1. The van der Waals surface area contributed by atoms with Crippen LogP contribution in [0.2, 0.25) is 0 Å². The van der Waals surface area contributed by atoms with E-state index in [2.05, 4.69) is 27.7 Å². The topological polar surface area (TPSA) is 27.7 Å². The highest BCUT2D eigenvalue weighted by atomic mass is 35.5. The largest absolute Gasteiger partial charge is 1.00 e. The first kappa shape index (κ1) is 33.3. The summed E-state index contributed by atoms with van der Waals surface area (Å²) >= 11 is 0. The molecular formula is C26H56ClNO3. The molecule has 0 N–H and O–H groups in total. The Balaban J connectivity index is 0. The maximum Gasteiger partial charge on any atom is 0.194 e. The van der Waals surface area contributed by atoms with Gasteiger partial charge in [0.15, 0.2) is 5.54 Å². The van der Waals surface area contributed by atoms with Crippen LogP contribution in [0.5, 0.6) is 0 Å². The van der Waals surface area contributed by atoms with E-state index in [-0.39, 0.29) is 22.9 Å². The van der Waals surface area contributed by atoms with E-state index < -0.39 is 0 Å². The first-order valence-electron chi connectivity index (χ1n) is 13.0. The molecule has 0 saturated heterocycles. The quantitative estimate of drug-likeness (QED) is 0.119. The van der Waals surface area contributed by atoms with Crippen molar-refractivity contribution in [3.05, 3.63) is 0 Å². The molecule has 0 aromatic heterocycles. The van der Waals surface area contributed by atoms with Gasteiger partial charge >= 0.3 is 0 Å². The van der Waals surface area contributed by atoms with E-state index in [1.54, 1.807) is 21.3 Å². The summed E-state index contributed by atoms with van der Waals surface area (Å²) in [6.07, 6.45) is 23.7. The molecule has 0 aromatic rings. The Kier molecular flexibility index (Phi) is 22.3. The minimum absolute atomic E-state index is 0. The molecule has 0 bridgehead atoms. The van der Waals surface area contributed by atoms with Crippen molar-refractivity contribution in [2.24, 2.45) is 5.92 Å². The van der Waals surface area contributed by atoms with Crippen LogP contribution in [0, 0.1) is 5.92 Å². The van der Waals surface area contributed by atoms with Crippen molar-refractivity contribution >= 4 is 0 Å². The van der Waals surface area contributed by atoms with Gasteiger partial charge < -0.3 is 12.4 Å². The van der Waals surface area contributed by atoms with Gasteiger partial charge in [-0.3, -0.25) is 0 Å². The zero-order valence-corrected chi connectivity index (χ0v) is 22.9. The average molecular weight is 466 g/mol. The first-order chi connectivity index (χ1) is 14.4. The maximum absolute atomic E-state index is 5.55. The standard InChI is InChI=1S/C26H56NO3.ClH/c1-8-9-10-11-12-13-14-15-16-17-18-19-20-21-22-23-24-25(2)26(3,4)27(28-5,29-6)30-7;/h25H,8-24H2,1-7H3;1H/q+1;/p-1. The van der Waals surface area contributed by atoms with Crippen molar-refractivity contribution in [3.63, 3.8) is 0 Å². The normalized spacial score (nSPS) is 13.3. The molecule has 0 aliphatic rings. The lowest BCUT2D eigenvalue weighted by Crippen LogP contribution is -3.00. The second-order valence-electron chi connectivity index (χ2n) is 9.69. The third kappa shape index (κ3) is 13.4. The molecule has 0 heterocycles. The van der Waals surface area contributed by atoms with Crippen LogP contribution in [0.15, 0.2) is 0 Å². The lowest BCUT2D eigenvalue weighted by Gasteiger charge is -2.41. The molecule has 31 heavy (non-hydrogen) atoms. The highest BCUT2D eigenvalue weighted by Crippen LogP contribution is 2.35. The molecule has 1 atom stereocenters. The molecule has 4 nitrogen and oxygen atoms in total. The second-order valence-corrected chi connectivity index (χ2v) is 9.69. The van der Waals surface area contributed by atoms with E-state index in [1.165, 1.54) is 109 Å². The molecular weight excluding hydrogens is 410 g/mol. The Morgan fingerprint density at radius 2 is 0.871 bits per heavy atom. The lowest BCUT2D eigenvalue weighted by molar-refractivity contribution is -1.39. The van der Waals surface area contributed by atoms with E-state index >= 15 is 0 Å². The molecule has 0 fully saturated rings. The number of hydrogen-bond acceptors (Lipinski definition) is 3. The van der Waals surface area contributed by atoms with Crippen LogP contribution in [0.1, 0.15) is 137 Å². The number of halogens is 1. The Morgan fingerprint density at radius 3 is 1.16 bits per heavy atom. The number of unbranched alkanes of at least 4 members (excludes halogenated alkanes) is 15. The molecule has 0 rings (SSSR count). The van der Waals surface area contributed by atoms with Gasteiger partial charge in [-0.05, 0) is 6.42 Å². The molecule has 0 saturated carbocycles. The van der Waals surface area contributed by atoms with E-state index in [1.807, 2.05) is 0 Å². The summed E-state index contributed by atoms with van der Waals surface area (Å²) in [7, 11) is 4.91. The Hall–Kier alpha value is 0.130. The van der Waals surface area contributed by atoms with E-state index in [0.29, 0.717) is 5.92 Å². The molecule has 0 aliphatic heterocycles. The van der Waals surface area contributed by atoms with Crippen LogP contribution in [0.4, 0.5) is 0 Å². The van der Waals surface area contributed by atoms with Crippen molar-refractivity contribution in [1.82, 2.24) is 0 Å². The van der Waals surface area contributed by atoms with Crippen LogP contribution in [0.25, 0.3) is 0 Å². The van der Waals surface area contributed by atoms with Gasteiger partial charge in [-0.25, -0.2) is 0 Å². The molecule has 0 spiro atoms. The summed E-state index contributed by atoms with van der Waals surface area (Å²) in [5, 5.41) is 0. The van der Waals surface area contributed by atoms with Crippen molar-refractivity contribution in [1.29, 1.82) is 0 Å². The van der Waals surface area contributed by atoms with Gasteiger partial charge in [-0.2, -0.15) is 0 Å². The van der Waals surface area contributed by atoms with Crippen LogP contribution in [0.3, 0.4) is 0 Å². The Morgan fingerprint density at radius 1 is 0.581 bits per heavy atom. The number of hydroxylamine groups is 3. The van der Waals surface area contributed by atoms with E-state index in [0.717, 1.165) is 0 Å². The first-order valence-corrected chi connectivity index (χ1v) is 13.0. The van der Waals surface area contributed by atoms with Gasteiger partial charge in [-0.1, -0.05) is 117 Å². The molecule has 0 aromatic carbocycles. The molecule has 0 aliphatic carbocycles. The van der Waals surface area contributed by atoms with E-state index in [9.17, 15) is 0 Å². The number of nitrogens with zero attached hydrogens (tertiary/aromatic N) is 1. The summed E-state index contributed by atoms with van der Waals surface area (Å²) < 4.78 is 0. The SMILES string of the molecule is CCCCCCCCCCCCCCCCCCC(C)C(C)(C)[N+](OC)(OC)OC.[Cl-]. The number of hydrogen-bond donors (Lipinski definition) is 0. The minimum atomic E-state index is -0.270.